The minimum Gasteiger partial charge on any atom is -0.392 e. The molecule has 3 rings (SSSR count). The van der Waals surface area contributed by atoms with Gasteiger partial charge in [0.25, 0.3) is 0 Å². The number of anilines is 1. The summed E-state index contributed by atoms with van der Waals surface area (Å²) in [7, 11) is 0. The number of aliphatic hydroxyl groups is 1. The van der Waals surface area contributed by atoms with Gasteiger partial charge in [-0.2, -0.15) is 0 Å². The van der Waals surface area contributed by atoms with Crippen molar-refractivity contribution in [3.63, 3.8) is 0 Å². The maximum Gasteiger partial charge on any atom is 0.129 e. The normalized spacial score (nSPS) is 19.0. The Morgan fingerprint density at radius 1 is 1.28 bits per heavy atom. The van der Waals surface area contributed by atoms with Crippen LogP contribution >= 0.6 is 0 Å². The molecule has 2 saturated carbocycles. The molecule has 18 heavy (non-hydrogen) atoms. The lowest BCUT2D eigenvalue weighted by atomic mass is 10.2. The highest BCUT2D eigenvalue weighted by molar-refractivity contribution is 5.45. The van der Waals surface area contributed by atoms with Crippen molar-refractivity contribution in [3.05, 3.63) is 23.4 Å². The lowest BCUT2D eigenvalue weighted by Crippen LogP contribution is -2.29. The molecule has 0 bridgehead atoms. The van der Waals surface area contributed by atoms with E-state index in [4.69, 9.17) is 4.98 Å². The van der Waals surface area contributed by atoms with E-state index >= 15 is 0 Å². The van der Waals surface area contributed by atoms with E-state index in [0.717, 1.165) is 36.0 Å². The number of pyridine rings is 1. The van der Waals surface area contributed by atoms with Crippen LogP contribution in [-0.2, 0) is 13.0 Å². The molecule has 0 unspecified atom stereocenters. The van der Waals surface area contributed by atoms with Gasteiger partial charge in [0.2, 0.25) is 0 Å². The third-order valence-corrected chi connectivity index (χ3v) is 3.90. The number of nitrogens with zero attached hydrogens (tertiary/aromatic N) is 2. The molecule has 1 aromatic rings. The molecule has 2 fully saturated rings. The molecule has 0 radical (unpaired) electrons. The number of rotatable bonds is 6. The predicted molar refractivity (Wildman–Crippen MR) is 72.6 cm³/mol. The van der Waals surface area contributed by atoms with Gasteiger partial charge in [-0.1, -0.05) is 6.92 Å². The SMILES string of the molecule is CCc1cc(CO)cc(N(CC2CC2)C2CC2)n1. The van der Waals surface area contributed by atoms with Crippen LogP contribution in [0.1, 0.15) is 43.9 Å². The Kier molecular flexibility index (Phi) is 3.25. The summed E-state index contributed by atoms with van der Waals surface area (Å²) in [6.07, 6.45) is 6.30. The van der Waals surface area contributed by atoms with E-state index in [1.54, 1.807) is 0 Å². The second kappa shape index (κ2) is 4.88. The Hall–Kier alpha value is -1.09. The molecular weight excluding hydrogens is 224 g/mol. The van der Waals surface area contributed by atoms with Crippen molar-refractivity contribution >= 4 is 5.82 Å². The molecule has 0 amide bonds. The Labute approximate surface area is 109 Å². The van der Waals surface area contributed by atoms with Crippen LogP contribution in [0, 0.1) is 5.92 Å². The Bertz CT molecular complexity index is 402. The summed E-state index contributed by atoms with van der Waals surface area (Å²) in [5, 5.41) is 9.37. The average molecular weight is 246 g/mol. The molecule has 3 nitrogen and oxygen atoms in total. The van der Waals surface area contributed by atoms with Crippen LogP contribution in [0.2, 0.25) is 0 Å². The van der Waals surface area contributed by atoms with Crippen molar-refractivity contribution in [2.45, 2.75) is 51.7 Å². The molecule has 0 spiro atoms. The van der Waals surface area contributed by atoms with Crippen molar-refractivity contribution in [2.24, 2.45) is 5.92 Å². The molecule has 0 aliphatic heterocycles. The molecule has 0 atom stereocenters. The number of hydrogen-bond donors (Lipinski definition) is 1. The number of aryl methyl sites for hydroxylation is 1. The van der Waals surface area contributed by atoms with Crippen LogP contribution in [0.15, 0.2) is 12.1 Å². The summed E-state index contributed by atoms with van der Waals surface area (Å²) >= 11 is 0. The van der Waals surface area contributed by atoms with E-state index in [0.29, 0.717) is 6.04 Å². The fourth-order valence-corrected chi connectivity index (χ4v) is 2.45. The second-order valence-corrected chi connectivity index (χ2v) is 5.66. The summed E-state index contributed by atoms with van der Waals surface area (Å²) in [5.74, 6) is 1.98. The van der Waals surface area contributed by atoms with Gasteiger partial charge in [0, 0.05) is 18.3 Å². The topological polar surface area (TPSA) is 36.4 Å². The highest BCUT2D eigenvalue weighted by Gasteiger charge is 2.34. The van der Waals surface area contributed by atoms with Crippen LogP contribution in [0.3, 0.4) is 0 Å². The fraction of sp³-hybridized carbons (Fsp3) is 0.667. The summed E-state index contributed by atoms with van der Waals surface area (Å²) in [6.45, 7) is 3.40. The van der Waals surface area contributed by atoms with Gasteiger partial charge in [-0.3, -0.25) is 0 Å². The van der Waals surface area contributed by atoms with Gasteiger partial charge in [0.1, 0.15) is 5.82 Å². The first kappa shape index (κ1) is 12.0. The molecule has 2 aliphatic carbocycles. The van der Waals surface area contributed by atoms with Crippen LogP contribution in [0.25, 0.3) is 0 Å². The summed E-state index contributed by atoms with van der Waals surface area (Å²) in [5.41, 5.74) is 2.09. The molecule has 0 aromatic carbocycles. The smallest absolute Gasteiger partial charge is 0.129 e. The van der Waals surface area contributed by atoms with Gasteiger partial charge in [0.15, 0.2) is 0 Å². The van der Waals surface area contributed by atoms with Crippen LogP contribution < -0.4 is 4.90 Å². The van der Waals surface area contributed by atoms with E-state index in [1.807, 2.05) is 6.07 Å². The molecule has 0 saturated heterocycles. The zero-order valence-corrected chi connectivity index (χ0v) is 11.1. The second-order valence-electron chi connectivity index (χ2n) is 5.66. The zero-order chi connectivity index (χ0) is 12.5. The van der Waals surface area contributed by atoms with Gasteiger partial charge in [-0.05, 0) is 55.7 Å². The van der Waals surface area contributed by atoms with Crippen molar-refractivity contribution < 1.29 is 5.11 Å². The van der Waals surface area contributed by atoms with Crippen LogP contribution in [0.4, 0.5) is 5.82 Å². The molecule has 1 aromatic heterocycles. The Balaban J connectivity index is 1.86. The third kappa shape index (κ3) is 2.66. The quantitative estimate of drug-likeness (QED) is 0.838. The first-order chi connectivity index (χ1) is 8.80. The van der Waals surface area contributed by atoms with Crippen molar-refractivity contribution in [1.82, 2.24) is 4.98 Å². The maximum absolute atomic E-state index is 9.37. The summed E-state index contributed by atoms with van der Waals surface area (Å²) < 4.78 is 0. The maximum atomic E-state index is 9.37. The molecule has 98 valence electrons. The third-order valence-electron chi connectivity index (χ3n) is 3.90. The number of hydrogen-bond acceptors (Lipinski definition) is 3. The molecule has 1 heterocycles. The lowest BCUT2D eigenvalue weighted by molar-refractivity contribution is 0.281. The molecule has 2 aliphatic rings. The minimum absolute atomic E-state index is 0.116. The molecular formula is C15H22N2O. The first-order valence-corrected chi connectivity index (χ1v) is 7.17. The van der Waals surface area contributed by atoms with Gasteiger partial charge >= 0.3 is 0 Å². The largest absolute Gasteiger partial charge is 0.392 e. The van der Waals surface area contributed by atoms with Gasteiger partial charge < -0.3 is 10.0 Å². The van der Waals surface area contributed by atoms with E-state index in [2.05, 4.69) is 17.9 Å². The first-order valence-electron chi connectivity index (χ1n) is 7.17. The Morgan fingerprint density at radius 3 is 2.61 bits per heavy atom. The molecule has 3 heteroatoms. The fourth-order valence-electron chi connectivity index (χ4n) is 2.45. The van der Waals surface area contributed by atoms with Gasteiger partial charge in [-0.15, -0.1) is 0 Å². The Morgan fingerprint density at radius 2 is 2.06 bits per heavy atom. The highest BCUT2D eigenvalue weighted by Crippen LogP contribution is 2.37. The minimum atomic E-state index is 0.116. The van der Waals surface area contributed by atoms with E-state index < -0.39 is 0 Å². The van der Waals surface area contributed by atoms with Crippen LogP contribution in [0.5, 0.6) is 0 Å². The van der Waals surface area contributed by atoms with Crippen molar-refractivity contribution in [2.75, 3.05) is 11.4 Å². The van der Waals surface area contributed by atoms with Gasteiger partial charge in [-0.25, -0.2) is 4.98 Å². The van der Waals surface area contributed by atoms with Gasteiger partial charge in [0.05, 0.1) is 6.61 Å². The van der Waals surface area contributed by atoms with Crippen molar-refractivity contribution in [3.8, 4) is 0 Å². The predicted octanol–water partition coefficient (Wildman–Crippen LogP) is 2.52. The van der Waals surface area contributed by atoms with E-state index in [9.17, 15) is 5.11 Å². The summed E-state index contributed by atoms with van der Waals surface area (Å²) in [4.78, 5) is 7.24. The summed E-state index contributed by atoms with van der Waals surface area (Å²) in [6, 6.07) is 4.79. The number of aromatic nitrogens is 1. The highest BCUT2D eigenvalue weighted by atomic mass is 16.3. The van der Waals surface area contributed by atoms with E-state index in [1.165, 1.54) is 25.7 Å². The molecule has 1 N–H and O–H groups in total. The van der Waals surface area contributed by atoms with Crippen molar-refractivity contribution in [1.29, 1.82) is 0 Å². The van der Waals surface area contributed by atoms with E-state index in [-0.39, 0.29) is 6.61 Å². The van der Waals surface area contributed by atoms with Crippen LogP contribution in [-0.4, -0.2) is 22.7 Å². The average Bonchev–Trinajstić information content (AvgIpc) is 3.28. The standard InChI is InChI=1S/C15H22N2O/c1-2-13-7-12(10-18)8-15(16-13)17(14-5-6-14)9-11-3-4-11/h7-8,11,14,18H,2-6,9-10H2,1H3. The monoisotopic (exact) mass is 246 g/mol. The lowest BCUT2D eigenvalue weighted by Gasteiger charge is -2.24. The zero-order valence-electron chi connectivity index (χ0n) is 11.1. The number of aliphatic hydroxyl groups excluding tert-OH is 1.